The molecule has 1 aromatic carbocycles. The zero-order chi connectivity index (χ0) is 14.0. The molecule has 1 aromatic heterocycles. The number of thiophene rings is 1. The molecule has 0 spiro atoms. The van der Waals surface area contributed by atoms with Crippen LogP contribution in [-0.2, 0) is 16.6 Å². The van der Waals surface area contributed by atoms with Gasteiger partial charge in [-0.2, -0.15) is 4.31 Å². The summed E-state index contributed by atoms with van der Waals surface area (Å²) < 4.78 is 27.2. The summed E-state index contributed by atoms with van der Waals surface area (Å²) in [5, 5.41) is 1.76. The fourth-order valence-corrected chi connectivity index (χ4v) is 5.42. The predicted octanol–water partition coefficient (Wildman–Crippen LogP) is 3.64. The highest BCUT2D eigenvalue weighted by Crippen LogP contribution is 2.30. The lowest BCUT2D eigenvalue weighted by Crippen LogP contribution is -2.26. The number of benzene rings is 1. The van der Waals surface area contributed by atoms with Gasteiger partial charge >= 0.3 is 0 Å². The van der Waals surface area contributed by atoms with Gasteiger partial charge in [-0.1, -0.05) is 29.8 Å². The van der Waals surface area contributed by atoms with Crippen molar-refractivity contribution >= 4 is 37.3 Å². The summed E-state index contributed by atoms with van der Waals surface area (Å²) in [6.45, 7) is 2.36. The van der Waals surface area contributed by atoms with Gasteiger partial charge in [0.15, 0.2) is 0 Å². The maximum Gasteiger partial charge on any atom is 0.253 e. The summed E-state index contributed by atoms with van der Waals surface area (Å²) in [6, 6.07) is 9.61. The van der Waals surface area contributed by atoms with Crippen LogP contribution in [0.25, 0.3) is 0 Å². The van der Waals surface area contributed by atoms with Crippen LogP contribution in [0.2, 0.25) is 0 Å². The molecule has 0 radical (unpaired) electrons. The summed E-state index contributed by atoms with van der Waals surface area (Å²) >= 11 is 4.49. The molecule has 6 heteroatoms. The van der Waals surface area contributed by atoms with Gasteiger partial charge in [-0.3, -0.25) is 0 Å². The first-order chi connectivity index (χ1) is 8.91. The second kappa shape index (κ2) is 5.75. The van der Waals surface area contributed by atoms with E-state index in [1.165, 1.54) is 15.6 Å². The molecular weight excluding hydrogens is 346 g/mol. The Hall–Kier alpha value is -0.690. The number of sulfonamides is 1. The number of nitrogens with zero attached hydrogens (tertiary/aromatic N) is 1. The number of rotatable bonds is 4. The van der Waals surface area contributed by atoms with Crippen molar-refractivity contribution in [2.45, 2.75) is 17.7 Å². The van der Waals surface area contributed by atoms with Crippen LogP contribution in [0, 0.1) is 6.92 Å². The van der Waals surface area contributed by atoms with Gasteiger partial charge in [0.05, 0.1) is 0 Å². The minimum absolute atomic E-state index is 0.350. The van der Waals surface area contributed by atoms with Crippen molar-refractivity contribution in [2.24, 2.45) is 0 Å². The second-order valence-electron chi connectivity index (χ2n) is 4.31. The quantitative estimate of drug-likeness (QED) is 0.835. The van der Waals surface area contributed by atoms with Gasteiger partial charge < -0.3 is 0 Å². The molecule has 0 bridgehead atoms. The summed E-state index contributed by atoms with van der Waals surface area (Å²) in [6.07, 6.45) is 0. The van der Waals surface area contributed by atoms with Gasteiger partial charge in [0, 0.05) is 18.1 Å². The first kappa shape index (κ1) is 14.7. The van der Waals surface area contributed by atoms with Crippen LogP contribution < -0.4 is 0 Å². The summed E-state index contributed by atoms with van der Waals surface area (Å²) in [5.41, 5.74) is 2.11. The van der Waals surface area contributed by atoms with E-state index in [1.807, 2.05) is 31.2 Å². The number of aryl methyl sites for hydroxylation is 1. The lowest BCUT2D eigenvalue weighted by Gasteiger charge is -2.16. The second-order valence-corrected chi connectivity index (χ2v) is 8.32. The molecular formula is C13H14BrNO2S2. The van der Waals surface area contributed by atoms with E-state index in [9.17, 15) is 8.42 Å². The van der Waals surface area contributed by atoms with Gasteiger partial charge in [0.2, 0.25) is 0 Å². The summed E-state index contributed by atoms with van der Waals surface area (Å²) in [4.78, 5) is 0. The SMILES string of the molecule is Cc1cccc(CN(C)S(=O)(=O)c2sccc2Br)c1. The highest BCUT2D eigenvalue weighted by Gasteiger charge is 2.24. The van der Waals surface area contributed by atoms with E-state index in [0.29, 0.717) is 15.2 Å². The van der Waals surface area contributed by atoms with Crippen molar-refractivity contribution in [1.29, 1.82) is 0 Å². The minimum atomic E-state index is -3.43. The van der Waals surface area contributed by atoms with Gasteiger partial charge in [0.1, 0.15) is 4.21 Å². The highest BCUT2D eigenvalue weighted by atomic mass is 79.9. The molecule has 2 aromatic rings. The Labute approximate surface area is 126 Å². The lowest BCUT2D eigenvalue weighted by atomic mass is 10.1. The molecule has 2 rings (SSSR count). The molecule has 0 aliphatic rings. The molecule has 1 heterocycles. The Morgan fingerprint density at radius 3 is 2.63 bits per heavy atom. The average Bonchev–Trinajstić information content (AvgIpc) is 2.76. The largest absolute Gasteiger partial charge is 0.253 e. The van der Waals surface area contributed by atoms with E-state index in [2.05, 4.69) is 15.9 Å². The first-order valence-electron chi connectivity index (χ1n) is 5.66. The Bertz CT molecular complexity index is 679. The number of halogens is 1. The van der Waals surface area contributed by atoms with Crippen LogP contribution in [0.1, 0.15) is 11.1 Å². The van der Waals surface area contributed by atoms with Crippen LogP contribution in [0.5, 0.6) is 0 Å². The molecule has 0 N–H and O–H groups in total. The van der Waals surface area contributed by atoms with E-state index < -0.39 is 10.0 Å². The van der Waals surface area contributed by atoms with Gasteiger partial charge in [0.25, 0.3) is 10.0 Å². The molecule has 0 fully saturated rings. The van der Waals surface area contributed by atoms with Crippen LogP contribution in [0.15, 0.2) is 44.4 Å². The minimum Gasteiger partial charge on any atom is -0.206 e. The van der Waals surface area contributed by atoms with E-state index >= 15 is 0 Å². The average molecular weight is 360 g/mol. The lowest BCUT2D eigenvalue weighted by molar-refractivity contribution is 0.468. The van der Waals surface area contributed by atoms with Crippen molar-refractivity contribution in [3.05, 3.63) is 51.3 Å². The van der Waals surface area contributed by atoms with Gasteiger partial charge in [-0.25, -0.2) is 8.42 Å². The first-order valence-corrected chi connectivity index (χ1v) is 8.77. The molecule has 3 nitrogen and oxygen atoms in total. The third kappa shape index (κ3) is 3.25. The van der Waals surface area contributed by atoms with Crippen molar-refractivity contribution in [3.8, 4) is 0 Å². The zero-order valence-electron chi connectivity index (χ0n) is 10.6. The Balaban J connectivity index is 2.25. The monoisotopic (exact) mass is 359 g/mol. The van der Waals surface area contributed by atoms with Gasteiger partial charge in [-0.05, 0) is 39.9 Å². The van der Waals surface area contributed by atoms with Crippen LogP contribution >= 0.6 is 27.3 Å². The van der Waals surface area contributed by atoms with E-state index in [4.69, 9.17) is 0 Å². The summed E-state index contributed by atoms with van der Waals surface area (Å²) in [5.74, 6) is 0. The predicted molar refractivity (Wildman–Crippen MR) is 81.9 cm³/mol. The molecule has 0 aliphatic heterocycles. The van der Waals surface area contributed by atoms with Crippen molar-refractivity contribution < 1.29 is 8.42 Å². The Kier molecular flexibility index (Phi) is 4.45. The normalized spacial score (nSPS) is 12.0. The Morgan fingerprint density at radius 2 is 2.05 bits per heavy atom. The fraction of sp³-hybridized carbons (Fsp3) is 0.231. The maximum atomic E-state index is 12.4. The fourth-order valence-electron chi connectivity index (χ4n) is 1.76. The van der Waals surface area contributed by atoms with Crippen LogP contribution in [0.4, 0.5) is 0 Å². The van der Waals surface area contributed by atoms with Crippen LogP contribution in [-0.4, -0.2) is 19.8 Å². The van der Waals surface area contributed by atoms with Crippen molar-refractivity contribution in [3.63, 3.8) is 0 Å². The third-order valence-corrected chi connectivity index (χ3v) is 7.17. The standard InChI is InChI=1S/C13H14BrNO2S2/c1-10-4-3-5-11(8-10)9-15(2)19(16,17)13-12(14)6-7-18-13/h3-8H,9H2,1-2H3. The molecule has 102 valence electrons. The smallest absolute Gasteiger partial charge is 0.206 e. The van der Waals surface area contributed by atoms with E-state index in [1.54, 1.807) is 18.5 Å². The topological polar surface area (TPSA) is 37.4 Å². The number of hydrogen-bond donors (Lipinski definition) is 0. The van der Waals surface area contributed by atoms with Crippen LogP contribution in [0.3, 0.4) is 0 Å². The van der Waals surface area contributed by atoms with E-state index in [-0.39, 0.29) is 0 Å². The van der Waals surface area contributed by atoms with Crippen molar-refractivity contribution in [1.82, 2.24) is 4.31 Å². The molecule has 0 aliphatic carbocycles. The maximum absolute atomic E-state index is 12.4. The molecule has 0 saturated heterocycles. The molecule has 0 unspecified atom stereocenters. The molecule has 0 saturated carbocycles. The number of hydrogen-bond acceptors (Lipinski definition) is 3. The molecule has 0 atom stereocenters. The summed E-state index contributed by atoms with van der Waals surface area (Å²) in [7, 11) is -1.83. The highest BCUT2D eigenvalue weighted by molar-refractivity contribution is 9.10. The molecule has 0 amide bonds. The third-order valence-electron chi connectivity index (χ3n) is 2.72. The zero-order valence-corrected chi connectivity index (χ0v) is 13.8. The molecule has 19 heavy (non-hydrogen) atoms. The van der Waals surface area contributed by atoms with Gasteiger partial charge in [-0.15, -0.1) is 11.3 Å². The van der Waals surface area contributed by atoms with E-state index in [0.717, 1.165) is 11.1 Å². The van der Waals surface area contributed by atoms with Crippen molar-refractivity contribution in [2.75, 3.05) is 7.05 Å². The Morgan fingerprint density at radius 1 is 1.32 bits per heavy atom.